The summed E-state index contributed by atoms with van der Waals surface area (Å²) in [6.07, 6.45) is 7.44. The molecule has 60 valence electrons. The second-order valence-electron chi connectivity index (χ2n) is 2.45. The van der Waals surface area contributed by atoms with Crippen LogP contribution in [0.1, 0.15) is 11.5 Å². The molecule has 2 rings (SSSR count). The minimum absolute atomic E-state index is 0.709. The molecule has 0 saturated carbocycles. The zero-order valence-corrected chi connectivity index (χ0v) is 6.47. The molecule has 12 heavy (non-hydrogen) atoms. The number of nitrogens with zero attached hydrogens (tertiary/aromatic N) is 2. The van der Waals surface area contributed by atoms with Gasteiger partial charge in [-0.25, -0.2) is 0 Å². The summed E-state index contributed by atoms with van der Waals surface area (Å²) in [5.74, 6) is 0.913. The first-order valence-corrected chi connectivity index (χ1v) is 3.72. The lowest BCUT2D eigenvalue weighted by Gasteiger charge is -1.94. The highest BCUT2D eigenvalue weighted by Crippen LogP contribution is 2.05. The fraction of sp³-hybridized carbons (Fsp3) is 0.111. The van der Waals surface area contributed by atoms with Crippen molar-refractivity contribution in [3.63, 3.8) is 0 Å². The van der Waals surface area contributed by atoms with Crippen LogP contribution in [0.5, 0.6) is 0 Å². The minimum atomic E-state index is 0.709. The second kappa shape index (κ2) is 3.17. The molecule has 0 amide bonds. The van der Waals surface area contributed by atoms with Gasteiger partial charge in [0.05, 0.1) is 12.0 Å². The predicted molar refractivity (Wildman–Crippen MR) is 43.5 cm³/mol. The third-order valence-corrected chi connectivity index (χ3v) is 1.55. The second-order valence-corrected chi connectivity index (χ2v) is 2.45. The Morgan fingerprint density at radius 1 is 1.33 bits per heavy atom. The molecular formula is C9H8N2O. The SMILES string of the molecule is c1coc(Cc2cnccn2)c1. The van der Waals surface area contributed by atoms with Crippen molar-refractivity contribution in [3.05, 3.63) is 48.4 Å². The lowest BCUT2D eigenvalue weighted by Crippen LogP contribution is -1.90. The highest BCUT2D eigenvalue weighted by atomic mass is 16.3. The summed E-state index contributed by atoms with van der Waals surface area (Å²) in [6, 6.07) is 3.79. The van der Waals surface area contributed by atoms with Gasteiger partial charge in [0.25, 0.3) is 0 Å². The van der Waals surface area contributed by atoms with Crippen molar-refractivity contribution in [2.24, 2.45) is 0 Å². The Hall–Kier alpha value is -1.64. The van der Waals surface area contributed by atoms with Gasteiger partial charge < -0.3 is 4.42 Å². The Kier molecular flexibility index (Phi) is 1.86. The first-order chi connectivity index (χ1) is 5.95. The van der Waals surface area contributed by atoms with E-state index in [2.05, 4.69) is 9.97 Å². The van der Waals surface area contributed by atoms with Gasteiger partial charge in [0, 0.05) is 25.0 Å². The standard InChI is InChI=1S/C9H8N2O/c1-2-9(12-5-1)6-8-7-10-3-4-11-8/h1-5,7H,6H2. The van der Waals surface area contributed by atoms with Crippen LogP contribution in [0.25, 0.3) is 0 Å². The van der Waals surface area contributed by atoms with E-state index in [-0.39, 0.29) is 0 Å². The van der Waals surface area contributed by atoms with E-state index < -0.39 is 0 Å². The van der Waals surface area contributed by atoms with Crippen LogP contribution in [-0.2, 0) is 6.42 Å². The molecule has 0 aliphatic heterocycles. The topological polar surface area (TPSA) is 38.9 Å². The molecular weight excluding hydrogens is 152 g/mol. The van der Waals surface area contributed by atoms with E-state index >= 15 is 0 Å². The van der Waals surface area contributed by atoms with Gasteiger partial charge in [0.2, 0.25) is 0 Å². The summed E-state index contributed by atoms with van der Waals surface area (Å²) in [5.41, 5.74) is 0.924. The lowest BCUT2D eigenvalue weighted by atomic mass is 10.2. The lowest BCUT2D eigenvalue weighted by molar-refractivity contribution is 0.519. The zero-order valence-electron chi connectivity index (χ0n) is 6.47. The average molecular weight is 160 g/mol. The van der Waals surface area contributed by atoms with E-state index in [0.717, 1.165) is 11.5 Å². The Labute approximate surface area is 70.1 Å². The molecule has 3 heteroatoms. The summed E-state index contributed by atoms with van der Waals surface area (Å²) in [7, 11) is 0. The molecule has 0 atom stereocenters. The van der Waals surface area contributed by atoms with Crippen molar-refractivity contribution in [1.29, 1.82) is 0 Å². The Balaban J connectivity index is 2.15. The molecule has 2 aromatic heterocycles. The smallest absolute Gasteiger partial charge is 0.109 e. The Morgan fingerprint density at radius 2 is 2.33 bits per heavy atom. The largest absolute Gasteiger partial charge is 0.469 e. The fourth-order valence-corrected chi connectivity index (χ4v) is 1.01. The molecule has 2 aromatic rings. The van der Waals surface area contributed by atoms with Crippen LogP contribution in [0.2, 0.25) is 0 Å². The maximum absolute atomic E-state index is 5.17. The van der Waals surface area contributed by atoms with Crippen molar-refractivity contribution < 1.29 is 4.42 Å². The molecule has 0 radical (unpaired) electrons. The molecule has 2 heterocycles. The van der Waals surface area contributed by atoms with Crippen molar-refractivity contribution in [2.75, 3.05) is 0 Å². The summed E-state index contributed by atoms with van der Waals surface area (Å²) in [4.78, 5) is 8.09. The Morgan fingerprint density at radius 3 is 3.00 bits per heavy atom. The molecule has 0 N–H and O–H groups in total. The monoisotopic (exact) mass is 160 g/mol. The van der Waals surface area contributed by atoms with Gasteiger partial charge in [-0.2, -0.15) is 0 Å². The van der Waals surface area contributed by atoms with Crippen LogP contribution in [0, 0.1) is 0 Å². The van der Waals surface area contributed by atoms with Gasteiger partial charge in [0.1, 0.15) is 5.76 Å². The summed E-state index contributed by atoms with van der Waals surface area (Å²) < 4.78 is 5.17. The predicted octanol–water partition coefficient (Wildman–Crippen LogP) is 1.66. The highest BCUT2D eigenvalue weighted by Gasteiger charge is 1.98. The Bertz CT molecular complexity index is 329. The molecule has 3 nitrogen and oxygen atoms in total. The molecule has 0 aliphatic rings. The average Bonchev–Trinajstić information content (AvgIpc) is 2.59. The van der Waals surface area contributed by atoms with Gasteiger partial charge in [-0.1, -0.05) is 0 Å². The normalized spacial score (nSPS) is 10.0. The number of hydrogen-bond acceptors (Lipinski definition) is 3. The molecule has 0 saturated heterocycles. The number of furan rings is 1. The van der Waals surface area contributed by atoms with Crippen molar-refractivity contribution in [1.82, 2.24) is 9.97 Å². The molecule has 0 spiro atoms. The first-order valence-electron chi connectivity index (χ1n) is 3.72. The van der Waals surface area contributed by atoms with Gasteiger partial charge in [-0.15, -0.1) is 0 Å². The van der Waals surface area contributed by atoms with Crippen molar-refractivity contribution in [2.45, 2.75) is 6.42 Å². The third kappa shape index (κ3) is 1.50. The van der Waals surface area contributed by atoms with Crippen LogP contribution in [0.4, 0.5) is 0 Å². The fourth-order valence-electron chi connectivity index (χ4n) is 1.01. The summed E-state index contributed by atoms with van der Waals surface area (Å²) >= 11 is 0. The van der Waals surface area contributed by atoms with Crippen LogP contribution < -0.4 is 0 Å². The van der Waals surface area contributed by atoms with Crippen LogP contribution in [0.3, 0.4) is 0 Å². The maximum atomic E-state index is 5.17. The zero-order chi connectivity index (χ0) is 8.23. The van der Waals surface area contributed by atoms with Crippen LogP contribution >= 0.6 is 0 Å². The minimum Gasteiger partial charge on any atom is -0.469 e. The third-order valence-electron chi connectivity index (χ3n) is 1.55. The van der Waals surface area contributed by atoms with Crippen LogP contribution in [0.15, 0.2) is 41.4 Å². The maximum Gasteiger partial charge on any atom is 0.109 e. The van der Waals surface area contributed by atoms with Gasteiger partial charge in [-0.3, -0.25) is 9.97 Å². The molecule has 0 aliphatic carbocycles. The van der Waals surface area contributed by atoms with Gasteiger partial charge in [0.15, 0.2) is 0 Å². The summed E-state index contributed by atoms with van der Waals surface area (Å²) in [5, 5.41) is 0. The quantitative estimate of drug-likeness (QED) is 0.670. The summed E-state index contributed by atoms with van der Waals surface area (Å²) in [6.45, 7) is 0. The number of hydrogen-bond donors (Lipinski definition) is 0. The van der Waals surface area contributed by atoms with E-state index in [9.17, 15) is 0 Å². The van der Waals surface area contributed by atoms with E-state index in [1.54, 1.807) is 24.9 Å². The number of rotatable bonds is 2. The molecule has 0 bridgehead atoms. The highest BCUT2D eigenvalue weighted by molar-refractivity contribution is 5.08. The van der Waals surface area contributed by atoms with Gasteiger partial charge >= 0.3 is 0 Å². The van der Waals surface area contributed by atoms with E-state index in [0.29, 0.717) is 6.42 Å². The van der Waals surface area contributed by atoms with Crippen LogP contribution in [-0.4, -0.2) is 9.97 Å². The molecule has 0 fully saturated rings. The van der Waals surface area contributed by atoms with E-state index in [1.165, 1.54) is 0 Å². The van der Waals surface area contributed by atoms with Gasteiger partial charge in [-0.05, 0) is 12.1 Å². The van der Waals surface area contributed by atoms with E-state index in [4.69, 9.17) is 4.42 Å². The number of aromatic nitrogens is 2. The van der Waals surface area contributed by atoms with Crippen molar-refractivity contribution in [3.8, 4) is 0 Å². The van der Waals surface area contributed by atoms with E-state index in [1.807, 2.05) is 12.1 Å². The molecule has 0 unspecified atom stereocenters. The first kappa shape index (κ1) is 7.03. The van der Waals surface area contributed by atoms with Crippen molar-refractivity contribution >= 4 is 0 Å². The molecule has 0 aromatic carbocycles.